The SMILES string of the molecule is CC(C)N1CC(COc2cnc(NC3CCNCC3)nc2)C1. The summed E-state index contributed by atoms with van der Waals surface area (Å²) in [6.07, 6.45) is 5.79. The maximum absolute atomic E-state index is 5.79. The number of piperidine rings is 1. The van der Waals surface area contributed by atoms with Gasteiger partial charge in [-0.2, -0.15) is 0 Å². The molecule has 22 heavy (non-hydrogen) atoms. The Morgan fingerprint density at radius 1 is 1.27 bits per heavy atom. The van der Waals surface area contributed by atoms with Crippen LogP contribution in [0.3, 0.4) is 0 Å². The fourth-order valence-corrected chi connectivity index (χ4v) is 2.97. The van der Waals surface area contributed by atoms with Crippen molar-refractivity contribution in [2.24, 2.45) is 5.92 Å². The summed E-state index contributed by atoms with van der Waals surface area (Å²) in [6, 6.07) is 1.12. The van der Waals surface area contributed by atoms with Gasteiger partial charge in [0, 0.05) is 31.1 Å². The van der Waals surface area contributed by atoms with Gasteiger partial charge in [-0.15, -0.1) is 0 Å². The third-order valence-corrected chi connectivity index (χ3v) is 4.50. The highest BCUT2D eigenvalue weighted by molar-refractivity contribution is 5.28. The Bertz CT molecular complexity index is 452. The molecule has 0 unspecified atom stereocenters. The first-order valence-corrected chi connectivity index (χ1v) is 8.37. The van der Waals surface area contributed by atoms with Crippen molar-refractivity contribution in [3.63, 3.8) is 0 Å². The molecule has 122 valence electrons. The first-order valence-electron chi connectivity index (χ1n) is 8.37. The largest absolute Gasteiger partial charge is 0.490 e. The first kappa shape index (κ1) is 15.5. The van der Waals surface area contributed by atoms with Crippen LogP contribution in [0.2, 0.25) is 0 Å². The lowest BCUT2D eigenvalue weighted by Gasteiger charge is -2.41. The van der Waals surface area contributed by atoms with E-state index < -0.39 is 0 Å². The maximum atomic E-state index is 5.79. The van der Waals surface area contributed by atoms with Gasteiger partial charge in [-0.05, 0) is 39.8 Å². The zero-order valence-electron chi connectivity index (χ0n) is 13.6. The van der Waals surface area contributed by atoms with Crippen LogP contribution in [0, 0.1) is 5.92 Å². The molecule has 1 aromatic heterocycles. The van der Waals surface area contributed by atoms with Crippen molar-refractivity contribution in [3.05, 3.63) is 12.4 Å². The molecule has 2 N–H and O–H groups in total. The van der Waals surface area contributed by atoms with E-state index in [1.54, 1.807) is 12.4 Å². The third kappa shape index (κ3) is 4.08. The van der Waals surface area contributed by atoms with E-state index in [0.717, 1.165) is 51.4 Å². The smallest absolute Gasteiger partial charge is 0.223 e. The topological polar surface area (TPSA) is 62.3 Å². The highest BCUT2D eigenvalue weighted by Crippen LogP contribution is 2.20. The Hall–Kier alpha value is -1.40. The molecule has 3 heterocycles. The van der Waals surface area contributed by atoms with Gasteiger partial charge >= 0.3 is 0 Å². The Morgan fingerprint density at radius 2 is 1.95 bits per heavy atom. The number of ether oxygens (including phenoxy) is 1. The van der Waals surface area contributed by atoms with Gasteiger partial charge in [-0.25, -0.2) is 9.97 Å². The van der Waals surface area contributed by atoms with E-state index in [0.29, 0.717) is 23.9 Å². The summed E-state index contributed by atoms with van der Waals surface area (Å²) in [5.41, 5.74) is 0. The fraction of sp³-hybridized carbons (Fsp3) is 0.750. The molecule has 2 fully saturated rings. The molecule has 2 aliphatic rings. The Morgan fingerprint density at radius 3 is 2.59 bits per heavy atom. The molecule has 0 radical (unpaired) electrons. The summed E-state index contributed by atoms with van der Waals surface area (Å²) in [5.74, 6) is 2.10. The summed E-state index contributed by atoms with van der Waals surface area (Å²) in [4.78, 5) is 11.2. The van der Waals surface area contributed by atoms with Crippen LogP contribution >= 0.6 is 0 Å². The Balaban J connectivity index is 1.40. The minimum absolute atomic E-state index is 0.477. The molecule has 2 aliphatic heterocycles. The second-order valence-corrected chi connectivity index (χ2v) is 6.64. The van der Waals surface area contributed by atoms with E-state index >= 15 is 0 Å². The molecule has 3 rings (SSSR count). The number of hydrogen-bond donors (Lipinski definition) is 2. The number of rotatable bonds is 6. The quantitative estimate of drug-likeness (QED) is 0.827. The van der Waals surface area contributed by atoms with Crippen LogP contribution in [0.15, 0.2) is 12.4 Å². The predicted octanol–water partition coefficient (Wildman–Crippen LogP) is 1.36. The lowest BCUT2D eigenvalue weighted by atomic mass is 9.99. The molecule has 0 aromatic carbocycles. The number of anilines is 1. The van der Waals surface area contributed by atoms with Crippen LogP contribution < -0.4 is 15.4 Å². The van der Waals surface area contributed by atoms with Crippen molar-refractivity contribution in [2.45, 2.75) is 38.8 Å². The average Bonchev–Trinajstić information content (AvgIpc) is 2.48. The van der Waals surface area contributed by atoms with Crippen molar-refractivity contribution in [3.8, 4) is 5.75 Å². The lowest BCUT2D eigenvalue weighted by molar-refractivity contribution is 0.0373. The van der Waals surface area contributed by atoms with Gasteiger partial charge in [0.05, 0.1) is 19.0 Å². The van der Waals surface area contributed by atoms with E-state index in [9.17, 15) is 0 Å². The Labute approximate surface area is 132 Å². The Kier molecular flexibility index (Phi) is 5.10. The minimum atomic E-state index is 0.477. The van der Waals surface area contributed by atoms with Gasteiger partial charge in [0.1, 0.15) is 0 Å². The molecular weight excluding hydrogens is 278 g/mol. The van der Waals surface area contributed by atoms with Crippen LogP contribution in [0.5, 0.6) is 5.75 Å². The molecule has 0 aliphatic carbocycles. The lowest BCUT2D eigenvalue weighted by Crippen LogP contribution is -2.52. The summed E-state index contributed by atoms with van der Waals surface area (Å²) in [5, 5.41) is 6.74. The molecule has 0 bridgehead atoms. The molecule has 6 heteroatoms. The van der Waals surface area contributed by atoms with Gasteiger partial charge in [-0.1, -0.05) is 0 Å². The van der Waals surface area contributed by atoms with Crippen molar-refractivity contribution in [2.75, 3.05) is 38.1 Å². The molecular formula is C16H27N5O. The predicted molar refractivity (Wildman–Crippen MR) is 87.2 cm³/mol. The van der Waals surface area contributed by atoms with E-state index in [2.05, 4.69) is 39.3 Å². The molecule has 6 nitrogen and oxygen atoms in total. The monoisotopic (exact) mass is 305 g/mol. The maximum Gasteiger partial charge on any atom is 0.223 e. The second kappa shape index (κ2) is 7.24. The number of nitrogens with zero attached hydrogens (tertiary/aromatic N) is 3. The molecule has 0 amide bonds. The summed E-state index contributed by atoms with van der Waals surface area (Å²) in [7, 11) is 0. The van der Waals surface area contributed by atoms with Gasteiger partial charge < -0.3 is 20.3 Å². The standard InChI is InChI=1S/C16H27N5O/c1-12(2)21-9-13(10-21)11-22-15-7-18-16(19-8-15)20-14-3-5-17-6-4-14/h7-8,12-14,17H,3-6,9-11H2,1-2H3,(H,18,19,20). The first-order chi connectivity index (χ1) is 10.7. The van der Waals surface area contributed by atoms with E-state index in [-0.39, 0.29) is 0 Å². The van der Waals surface area contributed by atoms with Crippen LogP contribution in [-0.4, -0.2) is 59.7 Å². The van der Waals surface area contributed by atoms with Gasteiger partial charge in [-0.3, -0.25) is 0 Å². The van der Waals surface area contributed by atoms with Crippen molar-refractivity contribution < 1.29 is 4.74 Å². The second-order valence-electron chi connectivity index (χ2n) is 6.64. The fourth-order valence-electron chi connectivity index (χ4n) is 2.97. The number of aromatic nitrogens is 2. The summed E-state index contributed by atoms with van der Waals surface area (Å²) in [6.45, 7) is 9.62. The zero-order valence-corrected chi connectivity index (χ0v) is 13.6. The molecule has 0 saturated carbocycles. The zero-order chi connectivity index (χ0) is 15.4. The summed E-state index contributed by atoms with van der Waals surface area (Å²) >= 11 is 0. The summed E-state index contributed by atoms with van der Waals surface area (Å²) < 4.78 is 5.79. The van der Waals surface area contributed by atoms with Gasteiger partial charge in [0.25, 0.3) is 0 Å². The number of hydrogen-bond acceptors (Lipinski definition) is 6. The number of likely N-dealkylation sites (tertiary alicyclic amines) is 1. The molecule has 0 atom stereocenters. The van der Waals surface area contributed by atoms with Crippen molar-refractivity contribution in [1.82, 2.24) is 20.2 Å². The van der Waals surface area contributed by atoms with Crippen LogP contribution in [-0.2, 0) is 0 Å². The van der Waals surface area contributed by atoms with Gasteiger partial charge in [0.2, 0.25) is 5.95 Å². The van der Waals surface area contributed by atoms with Crippen molar-refractivity contribution >= 4 is 5.95 Å². The van der Waals surface area contributed by atoms with Crippen LogP contribution in [0.4, 0.5) is 5.95 Å². The van der Waals surface area contributed by atoms with E-state index in [1.807, 2.05) is 0 Å². The van der Waals surface area contributed by atoms with Gasteiger partial charge in [0.15, 0.2) is 5.75 Å². The third-order valence-electron chi connectivity index (χ3n) is 4.50. The molecule has 0 spiro atoms. The molecule has 1 aromatic rings. The van der Waals surface area contributed by atoms with Crippen LogP contribution in [0.1, 0.15) is 26.7 Å². The number of nitrogens with one attached hydrogen (secondary N) is 2. The average molecular weight is 305 g/mol. The van der Waals surface area contributed by atoms with E-state index in [4.69, 9.17) is 4.74 Å². The molecule has 2 saturated heterocycles. The van der Waals surface area contributed by atoms with E-state index in [1.165, 1.54) is 0 Å². The minimum Gasteiger partial charge on any atom is -0.490 e. The normalized spacial score (nSPS) is 20.9. The van der Waals surface area contributed by atoms with Crippen LogP contribution in [0.25, 0.3) is 0 Å². The highest BCUT2D eigenvalue weighted by atomic mass is 16.5. The van der Waals surface area contributed by atoms with Crippen molar-refractivity contribution in [1.29, 1.82) is 0 Å². The highest BCUT2D eigenvalue weighted by Gasteiger charge is 2.28.